The lowest BCUT2D eigenvalue weighted by molar-refractivity contribution is -0.274. The van der Waals surface area contributed by atoms with Crippen molar-refractivity contribution in [3.05, 3.63) is 59.1 Å². The van der Waals surface area contributed by atoms with Crippen molar-refractivity contribution < 1.29 is 22.7 Å². The molecule has 0 saturated carbocycles. The van der Waals surface area contributed by atoms with Crippen molar-refractivity contribution in [1.29, 1.82) is 0 Å². The molecule has 0 bridgehead atoms. The number of anilines is 1. The van der Waals surface area contributed by atoms with Crippen LogP contribution >= 0.6 is 11.6 Å². The number of carbonyl (C=O) groups excluding carboxylic acids is 1. The number of carbonyl (C=O) groups is 1. The maximum atomic E-state index is 12.4. The third kappa shape index (κ3) is 6.03. The van der Waals surface area contributed by atoms with E-state index < -0.39 is 6.36 Å². The van der Waals surface area contributed by atoms with Gasteiger partial charge in [0.2, 0.25) is 0 Å². The highest BCUT2D eigenvalue weighted by Crippen LogP contribution is 2.24. The Morgan fingerprint density at radius 2 is 1.61 bits per heavy atom. The molecule has 28 heavy (non-hydrogen) atoms. The number of hydrogen-bond donors (Lipinski definition) is 1. The maximum absolute atomic E-state index is 12.4. The third-order valence-electron chi connectivity index (χ3n) is 4.32. The molecular weight excluding hydrogens is 395 g/mol. The highest BCUT2D eigenvalue weighted by atomic mass is 35.5. The second kappa shape index (κ2) is 8.70. The molecule has 2 amide bonds. The molecule has 2 aromatic carbocycles. The maximum Gasteiger partial charge on any atom is 0.573 e. The number of nitrogens with zero attached hydrogens (tertiary/aromatic N) is 2. The van der Waals surface area contributed by atoms with E-state index in [1.54, 1.807) is 4.90 Å². The van der Waals surface area contributed by atoms with Gasteiger partial charge in [-0.3, -0.25) is 4.90 Å². The fourth-order valence-corrected chi connectivity index (χ4v) is 3.03. The van der Waals surface area contributed by atoms with Crippen LogP contribution in [-0.4, -0.2) is 48.4 Å². The number of benzene rings is 2. The largest absolute Gasteiger partial charge is 0.573 e. The molecule has 0 aromatic heterocycles. The first-order chi connectivity index (χ1) is 13.3. The summed E-state index contributed by atoms with van der Waals surface area (Å²) in [6.07, 6.45) is -4.74. The number of rotatable bonds is 4. The van der Waals surface area contributed by atoms with Gasteiger partial charge >= 0.3 is 12.4 Å². The van der Waals surface area contributed by atoms with Gasteiger partial charge < -0.3 is 15.0 Å². The number of alkyl halides is 3. The summed E-state index contributed by atoms with van der Waals surface area (Å²) in [5.41, 5.74) is 1.56. The number of piperazine rings is 1. The van der Waals surface area contributed by atoms with Crippen LogP contribution in [0.5, 0.6) is 5.75 Å². The van der Waals surface area contributed by atoms with Crippen molar-refractivity contribution in [2.24, 2.45) is 0 Å². The summed E-state index contributed by atoms with van der Waals surface area (Å²) >= 11 is 5.89. The van der Waals surface area contributed by atoms with Crippen LogP contribution in [0.2, 0.25) is 5.02 Å². The predicted octanol–water partition coefficient (Wildman–Crippen LogP) is 4.59. The topological polar surface area (TPSA) is 44.8 Å². The minimum Gasteiger partial charge on any atom is -0.406 e. The molecule has 9 heteroatoms. The highest BCUT2D eigenvalue weighted by molar-refractivity contribution is 6.30. The fourth-order valence-electron chi connectivity index (χ4n) is 2.90. The van der Waals surface area contributed by atoms with E-state index in [0.29, 0.717) is 23.8 Å². The zero-order valence-corrected chi connectivity index (χ0v) is 15.6. The van der Waals surface area contributed by atoms with Crippen LogP contribution in [0.1, 0.15) is 5.56 Å². The summed E-state index contributed by atoms with van der Waals surface area (Å²) in [6, 6.07) is 12.4. The number of nitrogens with one attached hydrogen (secondary N) is 1. The molecule has 1 N–H and O–H groups in total. The average Bonchev–Trinajstić information content (AvgIpc) is 2.65. The van der Waals surface area contributed by atoms with Crippen molar-refractivity contribution in [2.75, 3.05) is 31.5 Å². The molecule has 1 aliphatic rings. The van der Waals surface area contributed by atoms with E-state index >= 15 is 0 Å². The van der Waals surface area contributed by atoms with Gasteiger partial charge in [-0.2, -0.15) is 0 Å². The van der Waals surface area contributed by atoms with Gasteiger partial charge in [0.15, 0.2) is 0 Å². The van der Waals surface area contributed by atoms with Crippen molar-refractivity contribution in [3.8, 4) is 5.75 Å². The number of halogens is 4. The molecule has 5 nitrogen and oxygen atoms in total. The fraction of sp³-hybridized carbons (Fsp3) is 0.316. The average molecular weight is 414 g/mol. The first-order valence-electron chi connectivity index (χ1n) is 8.67. The highest BCUT2D eigenvalue weighted by Gasteiger charge is 2.31. The lowest BCUT2D eigenvalue weighted by atomic mass is 10.2. The Balaban J connectivity index is 1.46. The molecule has 0 spiro atoms. The van der Waals surface area contributed by atoms with Crippen molar-refractivity contribution >= 4 is 23.3 Å². The monoisotopic (exact) mass is 413 g/mol. The van der Waals surface area contributed by atoms with Gasteiger partial charge in [0, 0.05) is 43.4 Å². The number of urea groups is 1. The van der Waals surface area contributed by atoms with Gasteiger partial charge in [-0.1, -0.05) is 23.7 Å². The molecule has 1 fully saturated rings. The molecule has 3 rings (SSSR count). The van der Waals surface area contributed by atoms with E-state index in [1.165, 1.54) is 12.1 Å². The molecule has 2 aromatic rings. The molecule has 0 atom stereocenters. The molecule has 150 valence electrons. The number of amides is 2. The van der Waals surface area contributed by atoms with E-state index in [9.17, 15) is 18.0 Å². The molecule has 0 unspecified atom stereocenters. The van der Waals surface area contributed by atoms with Gasteiger partial charge in [0.05, 0.1) is 0 Å². The minimum atomic E-state index is -4.74. The molecule has 1 aliphatic heterocycles. The number of hydrogen-bond acceptors (Lipinski definition) is 3. The molecule has 0 aliphatic carbocycles. The SMILES string of the molecule is O=C(Nc1ccc(OC(F)(F)F)cc1)N1CCN(Cc2ccc(Cl)cc2)CC1. The second-order valence-corrected chi connectivity index (χ2v) is 6.83. The Bertz CT molecular complexity index is 790. The third-order valence-corrected chi connectivity index (χ3v) is 4.57. The van der Waals surface area contributed by atoms with E-state index in [2.05, 4.69) is 15.0 Å². The second-order valence-electron chi connectivity index (χ2n) is 6.39. The summed E-state index contributed by atoms with van der Waals surface area (Å²) in [4.78, 5) is 16.3. The molecule has 0 radical (unpaired) electrons. The van der Waals surface area contributed by atoms with Crippen LogP contribution < -0.4 is 10.1 Å². The lowest BCUT2D eigenvalue weighted by Crippen LogP contribution is -2.49. The summed E-state index contributed by atoms with van der Waals surface area (Å²) in [5.74, 6) is -0.332. The van der Waals surface area contributed by atoms with Gasteiger partial charge in [0.1, 0.15) is 5.75 Å². The summed E-state index contributed by atoms with van der Waals surface area (Å²) in [6.45, 7) is 3.37. The zero-order chi connectivity index (χ0) is 20.1. The Hall–Kier alpha value is -2.45. The van der Waals surface area contributed by atoms with Crippen LogP contribution in [0.3, 0.4) is 0 Å². The number of ether oxygens (including phenoxy) is 1. The Kier molecular flexibility index (Phi) is 6.31. The Labute approximate surface area is 165 Å². The minimum absolute atomic E-state index is 0.282. The first kappa shape index (κ1) is 20.3. The Morgan fingerprint density at radius 1 is 1.00 bits per heavy atom. The smallest absolute Gasteiger partial charge is 0.406 e. The first-order valence-corrected chi connectivity index (χ1v) is 9.05. The van der Waals surface area contributed by atoms with E-state index in [4.69, 9.17) is 11.6 Å². The standard InChI is InChI=1S/C19H19ClF3N3O2/c20-15-3-1-14(2-4-15)13-25-9-11-26(12-10-25)18(27)24-16-5-7-17(8-6-16)28-19(21,22)23/h1-8H,9-13H2,(H,24,27). The van der Waals surface area contributed by atoms with Crippen LogP contribution in [-0.2, 0) is 6.54 Å². The van der Waals surface area contributed by atoms with Crippen LogP contribution in [0.15, 0.2) is 48.5 Å². The van der Waals surface area contributed by atoms with Gasteiger partial charge in [-0.25, -0.2) is 4.79 Å². The van der Waals surface area contributed by atoms with Crippen LogP contribution in [0.25, 0.3) is 0 Å². The summed E-state index contributed by atoms with van der Waals surface area (Å²) in [5, 5.41) is 3.39. The van der Waals surface area contributed by atoms with Gasteiger partial charge in [0.25, 0.3) is 0 Å². The van der Waals surface area contributed by atoms with Crippen molar-refractivity contribution in [3.63, 3.8) is 0 Å². The summed E-state index contributed by atoms with van der Waals surface area (Å²) in [7, 11) is 0. The molecule has 1 saturated heterocycles. The van der Waals surface area contributed by atoms with E-state index in [1.807, 2.05) is 24.3 Å². The predicted molar refractivity (Wildman–Crippen MR) is 100 cm³/mol. The van der Waals surface area contributed by atoms with Crippen molar-refractivity contribution in [1.82, 2.24) is 9.80 Å². The molecule has 1 heterocycles. The normalized spacial score (nSPS) is 15.4. The van der Waals surface area contributed by atoms with Crippen LogP contribution in [0, 0.1) is 0 Å². The van der Waals surface area contributed by atoms with E-state index in [0.717, 1.165) is 37.3 Å². The van der Waals surface area contributed by atoms with E-state index in [-0.39, 0.29) is 11.8 Å². The quantitative estimate of drug-likeness (QED) is 0.797. The Morgan fingerprint density at radius 3 is 2.18 bits per heavy atom. The van der Waals surface area contributed by atoms with Gasteiger partial charge in [-0.15, -0.1) is 13.2 Å². The van der Waals surface area contributed by atoms with Gasteiger partial charge in [-0.05, 0) is 42.0 Å². The van der Waals surface area contributed by atoms with Crippen LogP contribution in [0.4, 0.5) is 23.7 Å². The summed E-state index contributed by atoms with van der Waals surface area (Å²) < 4.78 is 40.3. The van der Waals surface area contributed by atoms with Crippen molar-refractivity contribution in [2.45, 2.75) is 12.9 Å². The molecular formula is C19H19ClF3N3O2. The zero-order valence-electron chi connectivity index (χ0n) is 14.9. The lowest BCUT2D eigenvalue weighted by Gasteiger charge is -2.34.